The highest BCUT2D eigenvalue weighted by Crippen LogP contribution is 2.28. The predicted molar refractivity (Wildman–Crippen MR) is 105 cm³/mol. The lowest BCUT2D eigenvalue weighted by Gasteiger charge is -2.04. The van der Waals surface area contributed by atoms with Gasteiger partial charge >= 0.3 is 0 Å². The number of carbonyl (C=O) groups is 1. The van der Waals surface area contributed by atoms with Crippen LogP contribution >= 0.6 is 0 Å². The minimum Gasteiger partial charge on any atom is -0.292 e. The number of benzene rings is 2. The van der Waals surface area contributed by atoms with Crippen LogP contribution in [0.25, 0.3) is 16.6 Å². The number of hydrogen-bond donors (Lipinski definition) is 0. The van der Waals surface area contributed by atoms with E-state index in [0.29, 0.717) is 5.69 Å². The summed E-state index contributed by atoms with van der Waals surface area (Å²) in [6.45, 7) is 0. The van der Waals surface area contributed by atoms with Gasteiger partial charge in [-0.3, -0.25) is 9.78 Å². The fraction of sp³-hybridized carbons (Fsp3) is 0.174. The number of pyridine rings is 1. The number of fused-ring (bicyclic) bond motifs is 2. The summed E-state index contributed by atoms with van der Waals surface area (Å²) in [6, 6.07) is 22.0. The summed E-state index contributed by atoms with van der Waals surface area (Å²) in [6.07, 6.45) is 3.25. The standard InChI is InChI=1S/C23H19N3O/c27-22(15-17-14-13-16-7-4-5-11-20(16)24-17)23-19-10-6-12-21(19)26(25-23)18-8-2-1-3-9-18/h1-5,7-9,11,13-14H,6,10,12,15H2. The van der Waals surface area contributed by atoms with Crippen LogP contribution in [0, 0.1) is 0 Å². The third kappa shape index (κ3) is 2.83. The topological polar surface area (TPSA) is 47.8 Å². The molecular weight excluding hydrogens is 334 g/mol. The molecule has 2 aromatic carbocycles. The molecule has 0 fully saturated rings. The summed E-state index contributed by atoms with van der Waals surface area (Å²) in [5, 5.41) is 5.79. The molecule has 0 saturated carbocycles. The van der Waals surface area contributed by atoms with Gasteiger partial charge in [0.2, 0.25) is 0 Å². The molecule has 0 bridgehead atoms. The Hall–Kier alpha value is -3.27. The quantitative estimate of drug-likeness (QED) is 0.513. The molecule has 0 aliphatic heterocycles. The molecule has 0 N–H and O–H groups in total. The zero-order chi connectivity index (χ0) is 18.2. The molecule has 4 nitrogen and oxygen atoms in total. The molecule has 4 heteroatoms. The van der Waals surface area contributed by atoms with E-state index in [-0.39, 0.29) is 12.2 Å². The normalized spacial score (nSPS) is 13.0. The molecule has 5 rings (SSSR count). The van der Waals surface area contributed by atoms with Gasteiger partial charge in [-0.2, -0.15) is 5.10 Å². The molecule has 0 atom stereocenters. The van der Waals surface area contributed by atoms with Crippen molar-refractivity contribution >= 4 is 16.7 Å². The number of nitrogens with zero attached hydrogens (tertiary/aromatic N) is 3. The first-order valence-electron chi connectivity index (χ1n) is 9.34. The van der Waals surface area contributed by atoms with Gasteiger partial charge in [0.05, 0.1) is 17.6 Å². The maximum absolute atomic E-state index is 13.0. The van der Waals surface area contributed by atoms with E-state index < -0.39 is 0 Å². The lowest BCUT2D eigenvalue weighted by molar-refractivity contribution is 0.0986. The zero-order valence-corrected chi connectivity index (χ0v) is 14.9. The number of para-hydroxylation sites is 2. The van der Waals surface area contributed by atoms with Crippen LogP contribution in [-0.2, 0) is 19.3 Å². The average Bonchev–Trinajstić information content (AvgIpc) is 3.31. The molecule has 0 unspecified atom stereocenters. The fourth-order valence-corrected chi connectivity index (χ4v) is 3.90. The first-order chi connectivity index (χ1) is 13.3. The molecule has 2 heterocycles. The Morgan fingerprint density at radius 3 is 2.63 bits per heavy atom. The van der Waals surface area contributed by atoms with Gasteiger partial charge in [-0.1, -0.05) is 42.5 Å². The van der Waals surface area contributed by atoms with Gasteiger partial charge in [-0.05, 0) is 43.5 Å². The van der Waals surface area contributed by atoms with Crippen molar-refractivity contribution in [2.24, 2.45) is 0 Å². The lowest BCUT2D eigenvalue weighted by Crippen LogP contribution is -2.09. The first kappa shape index (κ1) is 15.9. The van der Waals surface area contributed by atoms with Crippen molar-refractivity contribution in [2.45, 2.75) is 25.7 Å². The molecule has 0 spiro atoms. The van der Waals surface area contributed by atoms with Crippen LogP contribution in [0.4, 0.5) is 0 Å². The second-order valence-corrected chi connectivity index (χ2v) is 6.97. The Bertz CT molecular complexity index is 1140. The third-order valence-corrected chi connectivity index (χ3v) is 5.19. The zero-order valence-electron chi connectivity index (χ0n) is 14.9. The summed E-state index contributed by atoms with van der Waals surface area (Å²) < 4.78 is 1.95. The van der Waals surface area contributed by atoms with Gasteiger partial charge in [-0.25, -0.2) is 4.68 Å². The highest BCUT2D eigenvalue weighted by Gasteiger charge is 2.27. The molecular formula is C23H19N3O. The van der Waals surface area contributed by atoms with E-state index in [1.165, 1.54) is 5.69 Å². The second-order valence-electron chi connectivity index (χ2n) is 6.97. The van der Waals surface area contributed by atoms with Gasteiger partial charge < -0.3 is 0 Å². The third-order valence-electron chi connectivity index (χ3n) is 5.19. The number of ketones is 1. The summed E-state index contributed by atoms with van der Waals surface area (Å²) >= 11 is 0. The van der Waals surface area contributed by atoms with Crippen LogP contribution in [-0.4, -0.2) is 20.5 Å². The molecule has 0 saturated heterocycles. The van der Waals surface area contributed by atoms with Crippen molar-refractivity contribution in [3.63, 3.8) is 0 Å². The predicted octanol–water partition coefficient (Wildman–Crippen LogP) is 4.33. The van der Waals surface area contributed by atoms with E-state index in [1.54, 1.807) is 0 Å². The monoisotopic (exact) mass is 353 g/mol. The van der Waals surface area contributed by atoms with E-state index in [4.69, 9.17) is 5.10 Å². The van der Waals surface area contributed by atoms with Gasteiger partial charge in [0.1, 0.15) is 5.69 Å². The van der Waals surface area contributed by atoms with Crippen LogP contribution < -0.4 is 0 Å². The van der Waals surface area contributed by atoms with E-state index in [1.807, 2.05) is 71.4 Å². The molecule has 0 radical (unpaired) electrons. The molecule has 0 amide bonds. The molecule has 132 valence electrons. The molecule has 4 aromatic rings. The van der Waals surface area contributed by atoms with E-state index >= 15 is 0 Å². The van der Waals surface area contributed by atoms with Crippen molar-refractivity contribution in [3.05, 3.63) is 89.4 Å². The Labute approximate surface area is 157 Å². The van der Waals surface area contributed by atoms with Crippen molar-refractivity contribution in [2.75, 3.05) is 0 Å². The lowest BCUT2D eigenvalue weighted by atomic mass is 10.1. The fourth-order valence-electron chi connectivity index (χ4n) is 3.90. The van der Waals surface area contributed by atoms with Crippen molar-refractivity contribution in [1.82, 2.24) is 14.8 Å². The number of aromatic nitrogens is 3. The minimum absolute atomic E-state index is 0.0469. The Kier molecular flexibility index (Phi) is 3.82. The number of carbonyl (C=O) groups excluding carboxylic acids is 1. The van der Waals surface area contributed by atoms with Crippen molar-refractivity contribution in [1.29, 1.82) is 0 Å². The number of rotatable bonds is 4. The largest absolute Gasteiger partial charge is 0.292 e. The Balaban J connectivity index is 1.50. The van der Waals surface area contributed by atoms with Crippen LogP contribution in [0.15, 0.2) is 66.7 Å². The summed E-state index contributed by atoms with van der Waals surface area (Å²) in [5.41, 5.74) is 5.63. The molecule has 1 aliphatic carbocycles. The van der Waals surface area contributed by atoms with Crippen LogP contribution in [0.5, 0.6) is 0 Å². The maximum atomic E-state index is 13.0. The van der Waals surface area contributed by atoms with E-state index in [0.717, 1.165) is 47.1 Å². The van der Waals surface area contributed by atoms with Crippen LogP contribution in [0.2, 0.25) is 0 Å². The second kappa shape index (κ2) is 6.47. The minimum atomic E-state index is 0.0469. The first-order valence-corrected chi connectivity index (χ1v) is 9.34. The average molecular weight is 353 g/mol. The number of hydrogen-bond acceptors (Lipinski definition) is 3. The Morgan fingerprint density at radius 1 is 0.926 bits per heavy atom. The SMILES string of the molecule is O=C(Cc1ccc2ccccc2n1)c1nn(-c2ccccc2)c2c1CCC2. The maximum Gasteiger partial charge on any atom is 0.189 e. The molecule has 1 aliphatic rings. The van der Waals surface area contributed by atoms with E-state index in [2.05, 4.69) is 4.98 Å². The summed E-state index contributed by atoms with van der Waals surface area (Å²) in [4.78, 5) is 17.7. The van der Waals surface area contributed by atoms with Crippen molar-refractivity contribution < 1.29 is 4.79 Å². The van der Waals surface area contributed by atoms with E-state index in [9.17, 15) is 4.79 Å². The smallest absolute Gasteiger partial charge is 0.189 e. The van der Waals surface area contributed by atoms with Gasteiger partial charge in [0.25, 0.3) is 0 Å². The Morgan fingerprint density at radius 2 is 1.74 bits per heavy atom. The molecule has 2 aromatic heterocycles. The van der Waals surface area contributed by atoms with Crippen molar-refractivity contribution in [3.8, 4) is 5.69 Å². The van der Waals surface area contributed by atoms with Gasteiger partial charge in [0.15, 0.2) is 5.78 Å². The highest BCUT2D eigenvalue weighted by atomic mass is 16.1. The van der Waals surface area contributed by atoms with Crippen LogP contribution in [0.1, 0.15) is 33.9 Å². The molecule has 27 heavy (non-hydrogen) atoms. The van der Waals surface area contributed by atoms with Gasteiger partial charge in [-0.15, -0.1) is 0 Å². The van der Waals surface area contributed by atoms with Gasteiger partial charge in [0, 0.05) is 22.3 Å². The summed E-state index contributed by atoms with van der Waals surface area (Å²) in [5.74, 6) is 0.0469. The summed E-state index contributed by atoms with van der Waals surface area (Å²) in [7, 11) is 0. The highest BCUT2D eigenvalue weighted by molar-refractivity contribution is 5.97. The van der Waals surface area contributed by atoms with Crippen LogP contribution in [0.3, 0.4) is 0 Å². The number of Topliss-reactive ketones (excluding diaryl/α,β-unsaturated/α-hetero) is 1.